The summed E-state index contributed by atoms with van der Waals surface area (Å²) in [6, 6.07) is 0. The van der Waals surface area contributed by atoms with Gasteiger partial charge in [0.2, 0.25) is 0 Å². The van der Waals surface area contributed by atoms with Crippen molar-refractivity contribution in [1.29, 1.82) is 0 Å². The van der Waals surface area contributed by atoms with Crippen molar-refractivity contribution in [3.8, 4) is 0 Å². The van der Waals surface area contributed by atoms with Crippen LogP contribution in [0.15, 0.2) is 14.4 Å². The highest BCUT2D eigenvalue weighted by Gasteiger charge is 2.46. The molecule has 0 radical (unpaired) electrons. The zero-order chi connectivity index (χ0) is 18.2. The van der Waals surface area contributed by atoms with Gasteiger partial charge in [-0.3, -0.25) is 9.97 Å². The summed E-state index contributed by atoms with van der Waals surface area (Å²) < 4.78 is 17.6. The summed E-state index contributed by atoms with van der Waals surface area (Å²) in [4.78, 5) is 38.8. The zero-order valence-electron chi connectivity index (χ0n) is 14.7. The van der Waals surface area contributed by atoms with Gasteiger partial charge in [0, 0.05) is 33.4 Å². The predicted molar refractivity (Wildman–Crippen MR) is 91.2 cm³/mol. The van der Waals surface area contributed by atoms with Gasteiger partial charge in [0.05, 0.1) is 0 Å². The van der Waals surface area contributed by atoms with Crippen molar-refractivity contribution in [1.82, 2.24) is 14.5 Å². The average Bonchev–Trinajstić information content (AvgIpc) is 2.55. The van der Waals surface area contributed by atoms with Crippen LogP contribution in [0.4, 0.5) is 0 Å². The van der Waals surface area contributed by atoms with Crippen LogP contribution < -0.4 is 17.1 Å². The van der Waals surface area contributed by atoms with Gasteiger partial charge in [0.1, 0.15) is 0 Å². The van der Waals surface area contributed by atoms with E-state index in [0.717, 1.165) is 30.3 Å². The summed E-state index contributed by atoms with van der Waals surface area (Å²) in [5.41, 5.74) is -2.32. The molecule has 2 N–H and O–H groups in total. The Balaban J connectivity index is 2.99. The van der Waals surface area contributed by atoms with E-state index in [-0.39, 0.29) is 12.1 Å². The molecule has 24 heavy (non-hydrogen) atoms. The Labute approximate surface area is 141 Å². The first-order valence-corrected chi connectivity index (χ1v) is 9.83. The van der Waals surface area contributed by atoms with E-state index < -0.39 is 25.9 Å². The molecule has 0 saturated carbocycles. The first-order chi connectivity index (χ1) is 11.4. The highest BCUT2D eigenvalue weighted by atomic mass is 28.4. The average molecular weight is 361 g/mol. The van der Waals surface area contributed by atoms with Gasteiger partial charge in [-0.1, -0.05) is 26.2 Å². The molecule has 0 aromatic carbocycles. The summed E-state index contributed by atoms with van der Waals surface area (Å²) in [6.45, 7) is 2.26. The minimum atomic E-state index is -2.90. The number of aromatic nitrogens is 3. The molecule has 0 fully saturated rings. The molecule has 1 rings (SSSR count). The Morgan fingerprint density at radius 2 is 1.50 bits per heavy atom. The molecular formula is C14H27N3O6Si. The van der Waals surface area contributed by atoms with Crippen LogP contribution in [0.2, 0.25) is 5.54 Å². The third-order valence-electron chi connectivity index (χ3n) is 4.14. The molecule has 10 heteroatoms. The van der Waals surface area contributed by atoms with Crippen LogP contribution in [0.25, 0.3) is 0 Å². The van der Waals surface area contributed by atoms with Crippen molar-refractivity contribution < 1.29 is 13.3 Å². The summed E-state index contributed by atoms with van der Waals surface area (Å²) in [6.07, 6.45) is 4.40. The van der Waals surface area contributed by atoms with Crippen molar-refractivity contribution in [2.75, 3.05) is 21.3 Å². The number of aromatic amines is 2. The topological polar surface area (TPSA) is 115 Å². The maximum atomic E-state index is 11.8. The van der Waals surface area contributed by atoms with E-state index in [4.69, 9.17) is 13.3 Å². The van der Waals surface area contributed by atoms with Gasteiger partial charge in [-0.25, -0.2) is 19.0 Å². The lowest BCUT2D eigenvalue weighted by Gasteiger charge is -2.32. The predicted octanol–water partition coefficient (Wildman–Crippen LogP) is 0.444. The second-order valence-electron chi connectivity index (χ2n) is 5.54. The van der Waals surface area contributed by atoms with Crippen molar-refractivity contribution in [3.05, 3.63) is 31.5 Å². The molecule has 0 aliphatic heterocycles. The molecule has 0 aliphatic carbocycles. The maximum absolute atomic E-state index is 11.8. The lowest BCUT2D eigenvalue weighted by atomic mass is 10.1. The van der Waals surface area contributed by atoms with Gasteiger partial charge < -0.3 is 13.3 Å². The van der Waals surface area contributed by atoms with Crippen LogP contribution in [0.1, 0.15) is 39.0 Å². The number of unbranched alkanes of at least 4 members (excludes halogenated alkanes) is 2. The number of hydrogen-bond acceptors (Lipinski definition) is 6. The van der Waals surface area contributed by atoms with Crippen molar-refractivity contribution in [3.63, 3.8) is 0 Å². The molecule has 0 amide bonds. The first-order valence-electron chi connectivity index (χ1n) is 8.03. The normalized spacial score (nSPS) is 13.2. The zero-order valence-corrected chi connectivity index (χ0v) is 15.7. The van der Waals surface area contributed by atoms with Crippen LogP contribution in [-0.2, 0) is 19.8 Å². The van der Waals surface area contributed by atoms with Crippen LogP contribution in [0.3, 0.4) is 0 Å². The fourth-order valence-corrected chi connectivity index (χ4v) is 5.37. The van der Waals surface area contributed by atoms with E-state index >= 15 is 0 Å². The smallest absolute Gasteiger partial charge is 0.377 e. The van der Waals surface area contributed by atoms with Crippen molar-refractivity contribution in [2.45, 2.75) is 51.1 Å². The lowest BCUT2D eigenvalue weighted by Crippen LogP contribution is -2.49. The van der Waals surface area contributed by atoms with Crippen molar-refractivity contribution in [2.24, 2.45) is 0 Å². The molecule has 138 valence electrons. The molecule has 1 unspecified atom stereocenters. The largest absolute Gasteiger partial charge is 0.503 e. The molecule has 1 aromatic rings. The van der Waals surface area contributed by atoms with Gasteiger partial charge in [0.25, 0.3) is 0 Å². The molecular weight excluding hydrogens is 334 g/mol. The monoisotopic (exact) mass is 361 g/mol. The summed E-state index contributed by atoms with van der Waals surface area (Å²) in [5.74, 6) is 0. The van der Waals surface area contributed by atoms with Gasteiger partial charge in [-0.15, -0.1) is 0 Å². The molecule has 0 bridgehead atoms. The maximum Gasteiger partial charge on any atom is 0.503 e. The number of rotatable bonds is 11. The van der Waals surface area contributed by atoms with Crippen LogP contribution in [0.5, 0.6) is 0 Å². The first kappa shape index (κ1) is 20.6. The molecule has 1 atom stereocenters. The van der Waals surface area contributed by atoms with E-state index in [9.17, 15) is 14.4 Å². The van der Waals surface area contributed by atoms with Gasteiger partial charge in [-0.2, -0.15) is 0 Å². The number of hydrogen-bond donors (Lipinski definition) is 2. The van der Waals surface area contributed by atoms with Gasteiger partial charge in [-0.05, 0) is 12.8 Å². The Morgan fingerprint density at radius 3 is 1.96 bits per heavy atom. The Hall–Kier alpha value is -1.49. The standard InChI is InChI=1S/C14H27N3O6Si/c1-5-6-7-8-11(24(21-2,22-3)23-4)9-10-17-13(19)15-12(18)16-14(17)20/h11H,5-10H2,1-4H3,(H2,15,16,18,19,20). The number of H-pyrrole nitrogens is 2. The Bertz CT molecular complexity index is 621. The Kier molecular flexibility index (Phi) is 8.32. The molecule has 0 spiro atoms. The highest BCUT2D eigenvalue weighted by molar-refractivity contribution is 6.62. The minimum absolute atomic E-state index is 0.0534. The molecule has 1 aromatic heterocycles. The lowest BCUT2D eigenvalue weighted by molar-refractivity contribution is 0.106. The van der Waals surface area contributed by atoms with Gasteiger partial charge >= 0.3 is 25.9 Å². The summed E-state index contributed by atoms with van der Waals surface area (Å²) in [7, 11) is 1.74. The Morgan fingerprint density at radius 1 is 0.958 bits per heavy atom. The summed E-state index contributed by atoms with van der Waals surface area (Å²) in [5, 5.41) is 0. The van der Waals surface area contributed by atoms with Gasteiger partial charge in [0.15, 0.2) is 0 Å². The van der Waals surface area contributed by atoms with E-state index in [2.05, 4.69) is 16.9 Å². The number of nitrogens with zero attached hydrogens (tertiary/aromatic N) is 1. The third kappa shape index (κ3) is 5.00. The second-order valence-corrected chi connectivity index (χ2v) is 8.79. The van der Waals surface area contributed by atoms with Crippen LogP contribution in [-0.4, -0.2) is 44.7 Å². The van der Waals surface area contributed by atoms with E-state index in [0.29, 0.717) is 6.42 Å². The minimum Gasteiger partial charge on any atom is -0.377 e. The van der Waals surface area contributed by atoms with Crippen molar-refractivity contribution >= 4 is 8.80 Å². The fourth-order valence-electron chi connectivity index (χ4n) is 2.83. The van der Waals surface area contributed by atoms with E-state index in [1.807, 2.05) is 0 Å². The van der Waals surface area contributed by atoms with Crippen LogP contribution in [0, 0.1) is 0 Å². The summed E-state index contributed by atoms with van der Waals surface area (Å²) >= 11 is 0. The number of nitrogens with one attached hydrogen (secondary N) is 2. The molecule has 1 heterocycles. The fraction of sp³-hybridized carbons (Fsp3) is 0.786. The molecule has 0 aliphatic rings. The highest BCUT2D eigenvalue weighted by Crippen LogP contribution is 2.33. The molecule has 9 nitrogen and oxygen atoms in total. The SMILES string of the molecule is CCCCCC(CCn1c(=O)[nH]c(=O)[nH]c1=O)[Si](OC)(OC)OC. The third-order valence-corrected chi connectivity index (χ3v) is 7.43. The van der Waals surface area contributed by atoms with E-state index in [1.165, 1.54) is 0 Å². The van der Waals surface area contributed by atoms with Crippen LogP contribution >= 0.6 is 0 Å². The van der Waals surface area contributed by atoms with E-state index in [1.54, 1.807) is 21.3 Å². The second kappa shape index (κ2) is 9.72. The quantitative estimate of drug-likeness (QED) is 0.437. The molecule has 0 saturated heterocycles.